The lowest BCUT2D eigenvalue weighted by molar-refractivity contribution is -0.144. The molecule has 0 spiro atoms. The second kappa shape index (κ2) is 6.89. The van der Waals surface area contributed by atoms with Gasteiger partial charge in [-0.25, -0.2) is 4.79 Å². The Labute approximate surface area is 109 Å². The van der Waals surface area contributed by atoms with Crippen LogP contribution in [-0.4, -0.2) is 26.3 Å². The Morgan fingerprint density at radius 3 is 2.58 bits per heavy atom. The number of methoxy groups -OCH3 is 1. The van der Waals surface area contributed by atoms with Crippen molar-refractivity contribution in [2.75, 3.05) is 13.7 Å². The molecule has 1 rings (SSSR count). The molecule has 0 bridgehead atoms. The lowest BCUT2D eigenvalue weighted by Gasteiger charge is -2.14. The maximum atomic E-state index is 12.2. The molecule has 0 aliphatic rings. The van der Waals surface area contributed by atoms with Gasteiger partial charge in [0.25, 0.3) is 0 Å². The third kappa shape index (κ3) is 4.06. The quantitative estimate of drug-likeness (QED) is 0.802. The summed E-state index contributed by atoms with van der Waals surface area (Å²) in [4.78, 5) is 11.5. The number of carbonyl (C=O) groups excluding carboxylic acids is 1. The van der Waals surface area contributed by atoms with Crippen LogP contribution in [0.5, 0.6) is 11.5 Å². The Bertz CT molecular complexity index is 440. The molecule has 1 atom stereocenters. The van der Waals surface area contributed by atoms with Gasteiger partial charge < -0.3 is 19.9 Å². The van der Waals surface area contributed by atoms with Gasteiger partial charge >= 0.3 is 12.6 Å². The van der Waals surface area contributed by atoms with E-state index in [4.69, 9.17) is 15.2 Å². The number of alkyl halides is 2. The normalized spacial score (nSPS) is 12.1. The predicted molar refractivity (Wildman–Crippen MR) is 63.2 cm³/mol. The van der Waals surface area contributed by atoms with Crippen LogP contribution in [0.25, 0.3) is 0 Å². The zero-order chi connectivity index (χ0) is 14.4. The second-order valence-corrected chi connectivity index (χ2v) is 3.52. The molecule has 5 nitrogen and oxygen atoms in total. The first-order valence-electron chi connectivity index (χ1n) is 5.54. The lowest BCUT2D eigenvalue weighted by Crippen LogP contribution is -2.23. The van der Waals surface area contributed by atoms with E-state index in [2.05, 4.69) is 4.74 Å². The van der Waals surface area contributed by atoms with Gasteiger partial charge in [0.2, 0.25) is 0 Å². The van der Waals surface area contributed by atoms with Crippen molar-refractivity contribution in [1.29, 1.82) is 0 Å². The fourth-order valence-electron chi connectivity index (χ4n) is 1.44. The van der Waals surface area contributed by atoms with Crippen LogP contribution in [0.4, 0.5) is 8.78 Å². The molecule has 2 N–H and O–H groups in total. The maximum Gasteiger partial charge on any atom is 0.387 e. The van der Waals surface area contributed by atoms with Crippen LogP contribution in [0.2, 0.25) is 0 Å². The van der Waals surface area contributed by atoms with Crippen molar-refractivity contribution in [2.24, 2.45) is 5.73 Å². The molecule has 106 valence electrons. The number of carbonyl (C=O) groups is 1. The highest BCUT2D eigenvalue weighted by Gasteiger charge is 2.20. The molecule has 1 aromatic carbocycles. The summed E-state index contributed by atoms with van der Waals surface area (Å²) in [5.41, 5.74) is 5.96. The standard InChI is InChI=1S/C12H15F2NO4/c1-3-18-11(16)10(15)7-4-5-8(17-2)9(6-7)19-12(13)14/h4-6,10,12H,3,15H2,1-2H3. The van der Waals surface area contributed by atoms with E-state index in [0.717, 1.165) is 0 Å². The zero-order valence-corrected chi connectivity index (χ0v) is 10.6. The smallest absolute Gasteiger partial charge is 0.387 e. The van der Waals surface area contributed by atoms with Crippen LogP contribution in [-0.2, 0) is 9.53 Å². The molecule has 0 radical (unpaired) electrons. The van der Waals surface area contributed by atoms with E-state index < -0.39 is 18.6 Å². The Balaban J connectivity index is 2.99. The number of rotatable bonds is 6. The van der Waals surface area contributed by atoms with Gasteiger partial charge in [-0.1, -0.05) is 6.07 Å². The maximum absolute atomic E-state index is 12.2. The van der Waals surface area contributed by atoms with Crippen LogP contribution >= 0.6 is 0 Å². The minimum absolute atomic E-state index is 0.125. The van der Waals surface area contributed by atoms with E-state index in [0.29, 0.717) is 5.56 Å². The first-order chi connectivity index (χ1) is 8.99. The molecular formula is C12H15F2NO4. The molecule has 1 aromatic rings. The van der Waals surface area contributed by atoms with Crippen molar-refractivity contribution < 1.29 is 27.8 Å². The first-order valence-corrected chi connectivity index (χ1v) is 5.54. The minimum Gasteiger partial charge on any atom is -0.493 e. The average molecular weight is 275 g/mol. The first kappa shape index (κ1) is 15.2. The number of esters is 1. The van der Waals surface area contributed by atoms with Crippen LogP contribution in [0, 0.1) is 0 Å². The summed E-state index contributed by atoms with van der Waals surface area (Å²) < 4.78 is 38.4. The van der Waals surface area contributed by atoms with Gasteiger partial charge in [-0.05, 0) is 24.6 Å². The molecule has 1 unspecified atom stereocenters. The highest BCUT2D eigenvalue weighted by atomic mass is 19.3. The minimum atomic E-state index is -3.00. The Kier molecular flexibility index (Phi) is 5.50. The highest BCUT2D eigenvalue weighted by Crippen LogP contribution is 2.31. The van der Waals surface area contributed by atoms with Crippen LogP contribution in [0.1, 0.15) is 18.5 Å². The average Bonchev–Trinajstić information content (AvgIpc) is 2.37. The number of benzene rings is 1. The van der Waals surface area contributed by atoms with Crippen molar-refractivity contribution in [3.63, 3.8) is 0 Å². The number of ether oxygens (including phenoxy) is 3. The molecule has 7 heteroatoms. The lowest BCUT2D eigenvalue weighted by atomic mass is 10.1. The van der Waals surface area contributed by atoms with Gasteiger partial charge in [0.05, 0.1) is 13.7 Å². The van der Waals surface area contributed by atoms with Gasteiger partial charge in [0.1, 0.15) is 6.04 Å². The number of hydrogen-bond donors (Lipinski definition) is 1. The fraction of sp³-hybridized carbons (Fsp3) is 0.417. The Morgan fingerprint density at radius 1 is 1.37 bits per heavy atom. The van der Waals surface area contributed by atoms with Crippen LogP contribution in [0.3, 0.4) is 0 Å². The van der Waals surface area contributed by atoms with Crippen molar-refractivity contribution >= 4 is 5.97 Å². The summed E-state index contributed by atoms with van der Waals surface area (Å²) in [6.07, 6.45) is 0. The van der Waals surface area contributed by atoms with Gasteiger partial charge in [-0.3, -0.25) is 0 Å². The van der Waals surface area contributed by atoms with E-state index in [1.807, 2.05) is 0 Å². The molecule has 0 aromatic heterocycles. The van der Waals surface area contributed by atoms with E-state index >= 15 is 0 Å². The number of hydrogen-bond acceptors (Lipinski definition) is 5. The van der Waals surface area contributed by atoms with E-state index in [1.165, 1.54) is 25.3 Å². The summed E-state index contributed by atoms with van der Waals surface area (Å²) >= 11 is 0. The summed E-state index contributed by atoms with van der Waals surface area (Å²) in [7, 11) is 1.32. The monoisotopic (exact) mass is 275 g/mol. The summed E-state index contributed by atoms with van der Waals surface area (Å²) in [5.74, 6) is -0.703. The fourth-order valence-corrected chi connectivity index (χ4v) is 1.44. The van der Waals surface area contributed by atoms with Crippen molar-refractivity contribution in [3.8, 4) is 11.5 Å². The molecular weight excluding hydrogens is 260 g/mol. The van der Waals surface area contributed by atoms with E-state index in [-0.39, 0.29) is 18.1 Å². The van der Waals surface area contributed by atoms with Crippen molar-refractivity contribution in [2.45, 2.75) is 19.6 Å². The molecule has 0 aliphatic carbocycles. The molecule has 19 heavy (non-hydrogen) atoms. The molecule has 0 saturated carbocycles. The SMILES string of the molecule is CCOC(=O)C(N)c1ccc(OC)c(OC(F)F)c1. The highest BCUT2D eigenvalue weighted by molar-refractivity contribution is 5.77. The topological polar surface area (TPSA) is 70.8 Å². The summed E-state index contributed by atoms with van der Waals surface area (Å²) in [6, 6.07) is 3.04. The zero-order valence-electron chi connectivity index (χ0n) is 10.6. The van der Waals surface area contributed by atoms with Gasteiger partial charge in [0, 0.05) is 0 Å². The molecule has 0 aliphatic heterocycles. The third-order valence-electron chi connectivity index (χ3n) is 2.30. The van der Waals surface area contributed by atoms with Crippen molar-refractivity contribution in [3.05, 3.63) is 23.8 Å². The second-order valence-electron chi connectivity index (χ2n) is 3.52. The molecule has 0 saturated heterocycles. The van der Waals surface area contributed by atoms with E-state index in [1.54, 1.807) is 6.92 Å². The Morgan fingerprint density at radius 2 is 2.05 bits per heavy atom. The van der Waals surface area contributed by atoms with Crippen LogP contribution in [0.15, 0.2) is 18.2 Å². The summed E-state index contributed by atoms with van der Waals surface area (Å²) in [5, 5.41) is 0. The third-order valence-corrected chi connectivity index (χ3v) is 2.30. The molecule has 0 fully saturated rings. The van der Waals surface area contributed by atoms with Gasteiger partial charge in [0.15, 0.2) is 11.5 Å². The van der Waals surface area contributed by atoms with Crippen molar-refractivity contribution in [1.82, 2.24) is 0 Å². The predicted octanol–water partition coefficient (Wildman–Crippen LogP) is 1.86. The molecule has 0 heterocycles. The van der Waals surface area contributed by atoms with E-state index in [9.17, 15) is 13.6 Å². The Hall–Kier alpha value is -1.89. The number of halogens is 2. The van der Waals surface area contributed by atoms with Gasteiger partial charge in [-0.15, -0.1) is 0 Å². The van der Waals surface area contributed by atoms with Crippen LogP contribution < -0.4 is 15.2 Å². The molecule has 0 amide bonds. The number of nitrogens with two attached hydrogens (primary N) is 1. The largest absolute Gasteiger partial charge is 0.493 e. The van der Waals surface area contributed by atoms with Gasteiger partial charge in [-0.2, -0.15) is 8.78 Å². The summed E-state index contributed by atoms with van der Waals surface area (Å²) in [6.45, 7) is -1.17.